The molecule has 1 aromatic rings. The Balaban J connectivity index is 2.08. The fourth-order valence-electron chi connectivity index (χ4n) is 1.67. The Morgan fingerprint density at radius 1 is 1.33 bits per heavy atom. The SMILES string of the molecule is Cc1cc2c(cc1C)O[C@@H](CNS(N)(=O)=O)CO2. The van der Waals surface area contributed by atoms with E-state index in [0.29, 0.717) is 11.5 Å². The molecule has 0 amide bonds. The Hall–Kier alpha value is -1.31. The average molecular weight is 272 g/mol. The first-order valence-corrected chi connectivity index (χ1v) is 7.08. The number of nitrogens with two attached hydrogens (primary N) is 1. The van der Waals surface area contributed by atoms with Gasteiger partial charge in [-0.3, -0.25) is 0 Å². The Morgan fingerprint density at radius 2 is 1.94 bits per heavy atom. The minimum absolute atomic E-state index is 0.0885. The highest BCUT2D eigenvalue weighted by Crippen LogP contribution is 2.34. The van der Waals surface area contributed by atoms with Crippen LogP contribution in [0.2, 0.25) is 0 Å². The van der Waals surface area contributed by atoms with Gasteiger partial charge in [-0.1, -0.05) is 0 Å². The van der Waals surface area contributed by atoms with Crippen molar-refractivity contribution >= 4 is 10.2 Å². The molecule has 0 aliphatic carbocycles. The first-order valence-electron chi connectivity index (χ1n) is 5.53. The molecule has 0 radical (unpaired) electrons. The molecule has 1 aliphatic rings. The van der Waals surface area contributed by atoms with Gasteiger partial charge in [0.1, 0.15) is 12.7 Å². The molecule has 0 saturated carbocycles. The van der Waals surface area contributed by atoms with E-state index in [2.05, 4.69) is 4.72 Å². The van der Waals surface area contributed by atoms with Gasteiger partial charge in [0.15, 0.2) is 11.5 Å². The summed E-state index contributed by atoms with van der Waals surface area (Å²) in [5.74, 6) is 1.32. The van der Waals surface area contributed by atoms with Gasteiger partial charge in [-0.25, -0.2) is 5.14 Å². The number of hydrogen-bond acceptors (Lipinski definition) is 4. The van der Waals surface area contributed by atoms with Gasteiger partial charge in [0, 0.05) is 0 Å². The van der Waals surface area contributed by atoms with Gasteiger partial charge in [0.05, 0.1) is 6.54 Å². The molecule has 6 nitrogen and oxygen atoms in total. The molecule has 1 aliphatic heterocycles. The van der Waals surface area contributed by atoms with Crippen molar-refractivity contribution in [2.24, 2.45) is 5.14 Å². The molecular formula is C11H16N2O4S. The number of nitrogens with one attached hydrogen (secondary N) is 1. The first kappa shape index (κ1) is 13.1. The maximum Gasteiger partial charge on any atom is 0.274 e. The monoisotopic (exact) mass is 272 g/mol. The summed E-state index contributed by atoms with van der Waals surface area (Å²) in [5, 5.41) is 4.86. The minimum Gasteiger partial charge on any atom is -0.486 e. The lowest BCUT2D eigenvalue weighted by Gasteiger charge is -2.27. The van der Waals surface area contributed by atoms with Crippen LogP contribution in [0.1, 0.15) is 11.1 Å². The van der Waals surface area contributed by atoms with Gasteiger partial charge in [-0.15, -0.1) is 0 Å². The van der Waals surface area contributed by atoms with Gasteiger partial charge in [0.2, 0.25) is 0 Å². The van der Waals surface area contributed by atoms with Crippen LogP contribution in [-0.2, 0) is 10.2 Å². The van der Waals surface area contributed by atoms with Crippen LogP contribution in [-0.4, -0.2) is 27.7 Å². The Morgan fingerprint density at radius 3 is 2.56 bits per heavy atom. The third-order valence-electron chi connectivity index (χ3n) is 2.79. The quantitative estimate of drug-likeness (QED) is 0.824. The molecule has 1 aromatic carbocycles. The fraction of sp³-hybridized carbons (Fsp3) is 0.455. The van der Waals surface area contributed by atoms with E-state index in [1.165, 1.54) is 0 Å². The second-order valence-electron chi connectivity index (χ2n) is 4.33. The molecule has 0 aromatic heterocycles. The van der Waals surface area contributed by atoms with E-state index in [-0.39, 0.29) is 19.3 Å². The second kappa shape index (κ2) is 4.75. The zero-order chi connectivity index (χ0) is 13.3. The zero-order valence-electron chi connectivity index (χ0n) is 10.3. The van der Waals surface area contributed by atoms with Gasteiger partial charge in [0.25, 0.3) is 10.2 Å². The van der Waals surface area contributed by atoms with Crippen molar-refractivity contribution in [1.82, 2.24) is 4.72 Å². The first-order chi connectivity index (χ1) is 8.35. The standard InChI is InChI=1S/C11H16N2O4S/c1-7-3-10-11(4-8(7)2)17-9(6-16-10)5-13-18(12,14)15/h3-4,9,13H,5-6H2,1-2H3,(H2,12,14,15)/t9-/m0/s1. The van der Waals surface area contributed by atoms with Crippen LogP contribution < -0.4 is 19.3 Å². The van der Waals surface area contributed by atoms with E-state index in [0.717, 1.165) is 11.1 Å². The van der Waals surface area contributed by atoms with Crippen LogP contribution in [0.25, 0.3) is 0 Å². The number of fused-ring (bicyclic) bond motifs is 1. The summed E-state index contributed by atoms with van der Waals surface area (Å²) in [6.07, 6.45) is -0.377. The average Bonchev–Trinajstić information content (AvgIpc) is 2.27. The predicted octanol–water partition coefficient (Wildman–Crippen LogP) is 0.236. The van der Waals surface area contributed by atoms with Crippen molar-refractivity contribution < 1.29 is 17.9 Å². The zero-order valence-corrected chi connectivity index (χ0v) is 11.1. The van der Waals surface area contributed by atoms with Crippen LogP contribution in [0.3, 0.4) is 0 Å². The number of ether oxygens (including phenoxy) is 2. The van der Waals surface area contributed by atoms with E-state index in [9.17, 15) is 8.42 Å². The predicted molar refractivity (Wildman–Crippen MR) is 66.9 cm³/mol. The maximum absolute atomic E-state index is 10.8. The molecule has 18 heavy (non-hydrogen) atoms. The van der Waals surface area contributed by atoms with Crippen LogP contribution in [0.4, 0.5) is 0 Å². The Bertz CT molecular complexity index is 556. The largest absolute Gasteiger partial charge is 0.486 e. The summed E-state index contributed by atoms with van der Waals surface area (Å²) in [5.41, 5.74) is 2.22. The smallest absolute Gasteiger partial charge is 0.274 e. The van der Waals surface area contributed by atoms with E-state index in [1.807, 2.05) is 26.0 Å². The summed E-state index contributed by atoms with van der Waals surface area (Å²) < 4.78 is 35.0. The van der Waals surface area contributed by atoms with Crippen LogP contribution >= 0.6 is 0 Å². The molecular weight excluding hydrogens is 256 g/mol. The molecule has 2 rings (SSSR count). The molecule has 100 valence electrons. The molecule has 1 heterocycles. The molecule has 7 heteroatoms. The van der Waals surface area contributed by atoms with Crippen molar-refractivity contribution in [3.8, 4) is 11.5 Å². The summed E-state index contributed by atoms with van der Waals surface area (Å²) in [4.78, 5) is 0. The molecule has 3 N–H and O–H groups in total. The topological polar surface area (TPSA) is 90.6 Å². The molecule has 0 bridgehead atoms. The lowest BCUT2D eigenvalue weighted by atomic mass is 10.1. The number of hydrogen-bond donors (Lipinski definition) is 2. The van der Waals surface area contributed by atoms with Crippen molar-refractivity contribution in [1.29, 1.82) is 0 Å². The van der Waals surface area contributed by atoms with E-state index < -0.39 is 10.2 Å². The number of rotatable bonds is 3. The highest BCUT2D eigenvalue weighted by atomic mass is 32.2. The molecule has 1 atom stereocenters. The summed E-state index contributed by atoms with van der Waals surface area (Å²) in [6, 6.07) is 3.79. The summed E-state index contributed by atoms with van der Waals surface area (Å²) >= 11 is 0. The van der Waals surface area contributed by atoms with Gasteiger partial charge >= 0.3 is 0 Å². The highest BCUT2D eigenvalue weighted by molar-refractivity contribution is 7.87. The van der Waals surface area contributed by atoms with Crippen molar-refractivity contribution in [2.45, 2.75) is 20.0 Å². The van der Waals surface area contributed by atoms with E-state index in [1.54, 1.807) is 0 Å². The van der Waals surface area contributed by atoms with E-state index >= 15 is 0 Å². The summed E-state index contributed by atoms with van der Waals surface area (Å²) in [6.45, 7) is 4.35. The lowest BCUT2D eigenvalue weighted by molar-refractivity contribution is 0.0941. The maximum atomic E-state index is 10.8. The highest BCUT2D eigenvalue weighted by Gasteiger charge is 2.22. The van der Waals surface area contributed by atoms with Crippen molar-refractivity contribution in [3.63, 3.8) is 0 Å². The number of aryl methyl sites for hydroxylation is 2. The molecule has 0 unspecified atom stereocenters. The molecule has 0 saturated heterocycles. The number of benzene rings is 1. The van der Waals surface area contributed by atoms with Gasteiger partial charge in [-0.05, 0) is 37.1 Å². The van der Waals surface area contributed by atoms with Crippen LogP contribution in [0.15, 0.2) is 12.1 Å². The van der Waals surface area contributed by atoms with E-state index in [4.69, 9.17) is 14.6 Å². The fourth-order valence-corrected chi connectivity index (χ4v) is 2.09. The Labute approximate surface area is 106 Å². The van der Waals surface area contributed by atoms with Crippen molar-refractivity contribution in [3.05, 3.63) is 23.3 Å². The van der Waals surface area contributed by atoms with Crippen molar-refractivity contribution in [2.75, 3.05) is 13.2 Å². The third kappa shape index (κ3) is 3.12. The Kier molecular flexibility index (Phi) is 3.47. The molecule has 0 spiro atoms. The normalized spacial score (nSPS) is 18.7. The summed E-state index contributed by atoms with van der Waals surface area (Å²) in [7, 11) is -3.70. The second-order valence-corrected chi connectivity index (χ2v) is 5.71. The van der Waals surface area contributed by atoms with Gasteiger partial charge < -0.3 is 9.47 Å². The minimum atomic E-state index is -3.70. The third-order valence-corrected chi connectivity index (χ3v) is 3.36. The lowest BCUT2D eigenvalue weighted by Crippen LogP contribution is -2.42. The van der Waals surface area contributed by atoms with Gasteiger partial charge in [-0.2, -0.15) is 13.1 Å². The molecule has 0 fully saturated rings. The van der Waals surface area contributed by atoms with Crippen LogP contribution in [0, 0.1) is 13.8 Å². The van der Waals surface area contributed by atoms with Crippen LogP contribution in [0.5, 0.6) is 11.5 Å².